The Kier molecular flexibility index (Phi) is 5.90. The van der Waals surface area contributed by atoms with Crippen LogP contribution in [0.3, 0.4) is 0 Å². The van der Waals surface area contributed by atoms with Crippen molar-refractivity contribution in [3.05, 3.63) is 42.5 Å². The van der Waals surface area contributed by atoms with E-state index >= 15 is 0 Å². The number of hydrogen-bond donors (Lipinski definition) is 0. The summed E-state index contributed by atoms with van der Waals surface area (Å²) in [6.07, 6.45) is -0.337. The highest BCUT2D eigenvalue weighted by Gasteiger charge is 2.38. The summed E-state index contributed by atoms with van der Waals surface area (Å²) in [5, 5.41) is 1.83. The maximum Gasteiger partial charge on any atom is 0.282 e. The molecule has 2 aliphatic rings. The molecule has 2 fully saturated rings. The normalized spacial score (nSPS) is 25.5. The minimum atomic E-state index is -3.69. The van der Waals surface area contributed by atoms with E-state index in [4.69, 9.17) is 4.74 Å². The lowest BCUT2D eigenvalue weighted by Gasteiger charge is -2.40. The molecule has 2 atom stereocenters. The van der Waals surface area contributed by atoms with Crippen LogP contribution in [0, 0.1) is 0 Å². The summed E-state index contributed by atoms with van der Waals surface area (Å²) >= 11 is 0. The molecule has 2 aromatic carbocycles. The molecule has 0 N–H and O–H groups in total. The van der Waals surface area contributed by atoms with Crippen molar-refractivity contribution in [2.75, 3.05) is 39.3 Å². The Balaban J connectivity index is 1.48. The molecular formula is C20H27N3O5S2. The van der Waals surface area contributed by atoms with E-state index in [2.05, 4.69) is 0 Å². The topological polar surface area (TPSA) is 87.2 Å². The minimum absolute atomic E-state index is 0.129. The molecule has 2 heterocycles. The van der Waals surface area contributed by atoms with Gasteiger partial charge in [0.2, 0.25) is 10.0 Å². The van der Waals surface area contributed by atoms with Crippen LogP contribution in [0.15, 0.2) is 47.4 Å². The van der Waals surface area contributed by atoms with Crippen LogP contribution in [-0.4, -0.2) is 81.2 Å². The van der Waals surface area contributed by atoms with E-state index in [-0.39, 0.29) is 43.3 Å². The third-order valence-corrected chi connectivity index (χ3v) is 9.46. The van der Waals surface area contributed by atoms with Gasteiger partial charge in [-0.15, -0.1) is 0 Å². The molecule has 0 radical (unpaired) electrons. The molecule has 2 saturated heterocycles. The lowest BCUT2D eigenvalue weighted by atomic mass is 10.1. The number of rotatable bonds is 4. The van der Waals surface area contributed by atoms with E-state index in [1.807, 2.05) is 38.1 Å². The van der Waals surface area contributed by atoms with Crippen molar-refractivity contribution in [1.29, 1.82) is 0 Å². The Labute approximate surface area is 178 Å². The molecule has 4 rings (SSSR count). The molecule has 30 heavy (non-hydrogen) atoms. The first-order chi connectivity index (χ1) is 14.2. The van der Waals surface area contributed by atoms with Gasteiger partial charge in [-0.3, -0.25) is 0 Å². The predicted octanol–water partition coefficient (Wildman–Crippen LogP) is 1.50. The van der Waals surface area contributed by atoms with Crippen LogP contribution < -0.4 is 0 Å². The fourth-order valence-corrected chi connectivity index (χ4v) is 7.31. The zero-order valence-electron chi connectivity index (χ0n) is 17.1. The summed E-state index contributed by atoms with van der Waals surface area (Å²) in [5.74, 6) is 0. The van der Waals surface area contributed by atoms with Crippen LogP contribution in [0.25, 0.3) is 10.8 Å². The van der Waals surface area contributed by atoms with E-state index in [9.17, 15) is 16.8 Å². The quantitative estimate of drug-likeness (QED) is 0.700. The first kappa shape index (κ1) is 21.7. The zero-order chi connectivity index (χ0) is 21.5. The molecule has 2 aliphatic heterocycles. The number of fused-ring (bicyclic) bond motifs is 1. The molecule has 0 amide bonds. The second-order valence-electron chi connectivity index (χ2n) is 7.89. The van der Waals surface area contributed by atoms with Crippen molar-refractivity contribution in [3.8, 4) is 0 Å². The second-order valence-corrected chi connectivity index (χ2v) is 11.8. The van der Waals surface area contributed by atoms with Crippen LogP contribution in [-0.2, 0) is 25.0 Å². The van der Waals surface area contributed by atoms with Gasteiger partial charge in [0.05, 0.1) is 17.1 Å². The van der Waals surface area contributed by atoms with Crippen LogP contribution >= 0.6 is 0 Å². The van der Waals surface area contributed by atoms with Gasteiger partial charge >= 0.3 is 0 Å². The van der Waals surface area contributed by atoms with Gasteiger partial charge in [0, 0.05) is 39.3 Å². The highest BCUT2D eigenvalue weighted by molar-refractivity contribution is 7.89. The van der Waals surface area contributed by atoms with E-state index in [0.29, 0.717) is 13.1 Å². The minimum Gasteiger partial charge on any atom is -0.373 e. The molecule has 0 aliphatic carbocycles. The summed E-state index contributed by atoms with van der Waals surface area (Å²) < 4.78 is 62.1. The summed E-state index contributed by atoms with van der Waals surface area (Å²) in [6.45, 7) is 4.85. The lowest BCUT2D eigenvalue weighted by Crippen LogP contribution is -2.57. The molecule has 164 valence electrons. The third-order valence-electron chi connectivity index (χ3n) is 5.59. The van der Waals surface area contributed by atoms with Gasteiger partial charge in [-0.1, -0.05) is 30.3 Å². The average Bonchev–Trinajstić information content (AvgIpc) is 2.72. The fourth-order valence-electron chi connectivity index (χ4n) is 4.10. The number of benzene rings is 2. The van der Waals surface area contributed by atoms with Gasteiger partial charge in [0.1, 0.15) is 0 Å². The van der Waals surface area contributed by atoms with Crippen molar-refractivity contribution in [2.45, 2.75) is 31.0 Å². The summed E-state index contributed by atoms with van der Waals surface area (Å²) in [5.41, 5.74) is 0. The van der Waals surface area contributed by atoms with Gasteiger partial charge in [0.25, 0.3) is 10.2 Å². The number of hydrogen-bond acceptors (Lipinski definition) is 5. The molecule has 2 unspecified atom stereocenters. The van der Waals surface area contributed by atoms with Crippen LogP contribution in [0.4, 0.5) is 0 Å². The molecule has 0 bridgehead atoms. The molecule has 2 aromatic rings. The highest BCUT2D eigenvalue weighted by atomic mass is 32.2. The molecule has 8 nitrogen and oxygen atoms in total. The van der Waals surface area contributed by atoms with Gasteiger partial charge in [-0.25, -0.2) is 8.42 Å². The number of ether oxygens (including phenoxy) is 1. The van der Waals surface area contributed by atoms with E-state index in [0.717, 1.165) is 10.8 Å². The van der Waals surface area contributed by atoms with Crippen molar-refractivity contribution in [3.63, 3.8) is 0 Å². The van der Waals surface area contributed by atoms with Gasteiger partial charge in [-0.2, -0.15) is 21.3 Å². The Bertz CT molecular complexity index is 1120. The molecule has 10 heteroatoms. The Morgan fingerprint density at radius 2 is 1.33 bits per heavy atom. The van der Waals surface area contributed by atoms with Crippen molar-refractivity contribution < 1.29 is 21.6 Å². The number of sulfonamides is 1. The first-order valence-electron chi connectivity index (χ1n) is 10.1. The third kappa shape index (κ3) is 4.12. The van der Waals surface area contributed by atoms with Crippen LogP contribution in [0.2, 0.25) is 0 Å². The smallest absolute Gasteiger partial charge is 0.282 e. The maximum atomic E-state index is 13.1. The molecular weight excluding hydrogens is 426 g/mol. The maximum absolute atomic E-state index is 13.1. The number of nitrogens with zero attached hydrogens (tertiary/aromatic N) is 3. The van der Waals surface area contributed by atoms with Crippen molar-refractivity contribution >= 4 is 31.0 Å². The lowest BCUT2D eigenvalue weighted by molar-refractivity contribution is -0.0456. The van der Waals surface area contributed by atoms with Gasteiger partial charge in [0.15, 0.2) is 0 Å². The van der Waals surface area contributed by atoms with E-state index in [1.165, 1.54) is 12.9 Å². The highest BCUT2D eigenvalue weighted by Crippen LogP contribution is 2.24. The van der Waals surface area contributed by atoms with Gasteiger partial charge in [-0.05, 0) is 36.8 Å². The first-order valence-corrected chi connectivity index (χ1v) is 12.9. The summed E-state index contributed by atoms with van der Waals surface area (Å²) in [4.78, 5) is 0.230. The van der Waals surface area contributed by atoms with Crippen molar-refractivity contribution in [2.24, 2.45) is 0 Å². The Morgan fingerprint density at radius 3 is 1.97 bits per heavy atom. The zero-order valence-corrected chi connectivity index (χ0v) is 18.8. The largest absolute Gasteiger partial charge is 0.373 e. The molecule has 0 aromatic heterocycles. The fraction of sp³-hybridized carbons (Fsp3) is 0.500. The Hall–Kier alpha value is -1.56. The predicted molar refractivity (Wildman–Crippen MR) is 115 cm³/mol. The van der Waals surface area contributed by atoms with Crippen LogP contribution in [0.1, 0.15) is 13.8 Å². The second kappa shape index (κ2) is 8.18. The van der Waals surface area contributed by atoms with Crippen molar-refractivity contribution in [1.82, 2.24) is 12.9 Å². The van der Waals surface area contributed by atoms with E-state index in [1.54, 1.807) is 18.2 Å². The summed E-state index contributed by atoms with van der Waals surface area (Å²) in [7, 11) is -7.33. The molecule has 0 spiro atoms. The number of piperazine rings is 1. The average molecular weight is 454 g/mol. The molecule has 0 saturated carbocycles. The monoisotopic (exact) mass is 453 g/mol. The number of morpholine rings is 1. The summed E-state index contributed by atoms with van der Waals surface area (Å²) in [6, 6.07) is 12.7. The standard InChI is InChI=1S/C20H27N3O5S2/c1-16-14-23(15-17(2)28-16)30(26,27)22-11-9-21(10-12-22)29(24,25)20-8-7-18-5-3-4-6-19(18)13-20/h3-8,13,16-17H,9-12,14-15H2,1-2H3. The Morgan fingerprint density at radius 1 is 0.767 bits per heavy atom. The SMILES string of the molecule is CC1CN(S(=O)(=O)N2CCN(S(=O)(=O)c3ccc4ccccc4c3)CC2)CC(C)O1. The van der Waals surface area contributed by atoms with Crippen LogP contribution in [0.5, 0.6) is 0 Å². The van der Waals surface area contributed by atoms with E-state index < -0.39 is 20.2 Å². The van der Waals surface area contributed by atoms with Gasteiger partial charge < -0.3 is 4.74 Å².